The number of hydrogen-bond acceptors (Lipinski definition) is 2. The van der Waals surface area contributed by atoms with E-state index >= 15 is 0 Å². The predicted molar refractivity (Wildman–Crippen MR) is 84.6 cm³/mol. The van der Waals surface area contributed by atoms with Gasteiger partial charge in [-0.15, -0.1) is 0 Å². The fourth-order valence-corrected chi connectivity index (χ4v) is 2.82. The Hall–Kier alpha value is -2.75. The predicted octanol–water partition coefficient (Wildman–Crippen LogP) is 3.73. The zero-order valence-corrected chi connectivity index (χ0v) is 11.9. The van der Waals surface area contributed by atoms with Crippen LogP contribution in [0.5, 0.6) is 5.75 Å². The molecule has 0 saturated heterocycles. The van der Waals surface area contributed by atoms with Gasteiger partial charge in [0.05, 0.1) is 7.11 Å². The Morgan fingerprint density at radius 1 is 1.19 bits per heavy atom. The molecule has 0 radical (unpaired) electrons. The van der Waals surface area contributed by atoms with Crippen LogP contribution in [0.1, 0.15) is 0 Å². The maximum atomic E-state index is 5.35. The summed E-state index contributed by atoms with van der Waals surface area (Å²) in [7, 11) is 3.75. The Morgan fingerprint density at radius 3 is 2.90 bits per heavy atom. The number of pyridine rings is 1. The first-order chi connectivity index (χ1) is 10.3. The number of ether oxygens (including phenoxy) is 1. The van der Waals surface area contributed by atoms with Crippen LogP contribution in [0.3, 0.4) is 0 Å². The standard InChI is InChI=1S/C17H15N3O/c1-20-10-14(13-9-12(21-2)5-6-16(13)20)15-8-11-4-3-7-18-17(11)19-15/h3-10H,1-2H3,(H,18,19). The average molecular weight is 277 g/mol. The summed E-state index contributed by atoms with van der Waals surface area (Å²) in [4.78, 5) is 7.75. The lowest BCUT2D eigenvalue weighted by molar-refractivity contribution is 0.415. The van der Waals surface area contributed by atoms with E-state index in [0.29, 0.717) is 0 Å². The summed E-state index contributed by atoms with van der Waals surface area (Å²) in [5.41, 5.74) is 4.32. The van der Waals surface area contributed by atoms with Gasteiger partial charge in [0.2, 0.25) is 0 Å². The topological polar surface area (TPSA) is 42.8 Å². The van der Waals surface area contributed by atoms with Crippen LogP contribution >= 0.6 is 0 Å². The van der Waals surface area contributed by atoms with E-state index in [1.54, 1.807) is 13.3 Å². The lowest BCUT2D eigenvalue weighted by Gasteiger charge is -2.01. The summed E-state index contributed by atoms with van der Waals surface area (Å²) in [6, 6.07) is 12.3. The SMILES string of the molecule is COc1ccc2c(c1)c(-c1cc3cccnc3[nH]1)cn2C. The summed E-state index contributed by atoms with van der Waals surface area (Å²) < 4.78 is 7.48. The van der Waals surface area contributed by atoms with Gasteiger partial charge >= 0.3 is 0 Å². The molecular formula is C17H15N3O. The first kappa shape index (κ1) is 12.0. The molecule has 1 aromatic carbocycles. The molecule has 21 heavy (non-hydrogen) atoms. The van der Waals surface area contributed by atoms with Crippen LogP contribution in [0.2, 0.25) is 0 Å². The van der Waals surface area contributed by atoms with Crippen molar-refractivity contribution in [2.75, 3.05) is 7.11 Å². The van der Waals surface area contributed by atoms with Crippen LogP contribution in [0.25, 0.3) is 33.2 Å². The maximum absolute atomic E-state index is 5.35. The van der Waals surface area contributed by atoms with Gasteiger partial charge in [-0.1, -0.05) is 0 Å². The van der Waals surface area contributed by atoms with E-state index in [4.69, 9.17) is 4.74 Å². The van der Waals surface area contributed by atoms with Gasteiger partial charge in [-0.2, -0.15) is 0 Å². The van der Waals surface area contributed by atoms with Gasteiger partial charge in [-0.3, -0.25) is 0 Å². The Labute approximate surface area is 122 Å². The number of benzene rings is 1. The van der Waals surface area contributed by atoms with Gasteiger partial charge in [-0.25, -0.2) is 4.98 Å². The van der Waals surface area contributed by atoms with Crippen molar-refractivity contribution in [3.05, 3.63) is 48.8 Å². The van der Waals surface area contributed by atoms with E-state index in [-0.39, 0.29) is 0 Å². The molecule has 0 amide bonds. The van der Waals surface area contributed by atoms with Crippen molar-refractivity contribution in [2.24, 2.45) is 7.05 Å². The highest BCUT2D eigenvalue weighted by Crippen LogP contribution is 2.33. The second kappa shape index (κ2) is 4.38. The highest BCUT2D eigenvalue weighted by Gasteiger charge is 2.12. The highest BCUT2D eigenvalue weighted by atomic mass is 16.5. The van der Waals surface area contributed by atoms with E-state index in [2.05, 4.69) is 52.0 Å². The Balaban J connectivity index is 2.00. The van der Waals surface area contributed by atoms with Crippen molar-refractivity contribution in [2.45, 2.75) is 0 Å². The third-order valence-electron chi connectivity index (χ3n) is 3.88. The van der Waals surface area contributed by atoms with Gasteiger partial charge in [0, 0.05) is 47.0 Å². The highest BCUT2D eigenvalue weighted by molar-refractivity contribution is 5.98. The Bertz CT molecular complexity index is 916. The van der Waals surface area contributed by atoms with E-state index in [9.17, 15) is 0 Å². The molecule has 4 aromatic rings. The molecular weight excluding hydrogens is 262 g/mol. The van der Waals surface area contributed by atoms with Gasteiger partial charge in [0.15, 0.2) is 0 Å². The largest absolute Gasteiger partial charge is 0.497 e. The molecule has 0 saturated carbocycles. The molecule has 0 bridgehead atoms. The number of aromatic nitrogens is 3. The molecule has 0 fully saturated rings. The number of rotatable bonds is 2. The van der Waals surface area contributed by atoms with E-state index in [0.717, 1.165) is 28.0 Å². The lowest BCUT2D eigenvalue weighted by atomic mass is 10.1. The molecule has 0 aliphatic heterocycles. The lowest BCUT2D eigenvalue weighted by Crippen LogP contribution is -1.84. The zero-order chi connectivity index (χ0) is 14.4. The van der Waals surface area contributed by atoms with Gasteiger partial charge in [0.1, 0.15) is 11.4 Å². The Morgan fingerprint density at radius 2 is 2.10 bits per heavy atom. The number of aryl methyl sites for hydroxylation is 1. The maximum Gasteiger partial charge on any atom is 0.137 e. The van der Waals surface area contributed by atoms with E-state index < -0.39 is 0 Å². The molecule has 3 heterocycles. The normalized spacial score (nSPS) is 11.3. The molecule has 3 aromatic heterocycles. The van der Waals surface area contributed by atoms with E-state index in [1.807, 2.05) is 12.1 Å². The number of hydrogen-bond donors (Lipinski definition) is 1. The van der Waals surface area contributed by atoms with Crippen LogP contribution in [-0.4, -0.2) is 21.6 Å². The molecule has 0 atom stereocenters. The fraction of sp³-hybridized carbons (Fsp3) is 0.118. The number of aromatic amines is 1. The first-order valence-electron chi connectivity index (χ1n) is 6.83. The summed E-state index contributed by atoms with van der Waals surface area (Å²) >= 11 is 0. The minimum absolute atomic E-state index is 0.865. The van der Waals surface area contributed by atoms with Crippen molar-refractivity contribution in [1.29, 1.82) is 0 Å². The summed E-state index contributed by atoms with van der Waals surface area (Å²) in [6.45, 7) is 0. The van der Waals surface area contributed by atoms with Gasteiger partial charge in [-0.05, 0) is 36.4 Å². The van der Waals surface area contributed by atoms with Crippen LogP contribution < -0.4 is 4.74 Å². The fourth-order valence-electron chi connectivity index (χ4n) is 2.82. The first-order valence-corrected chi connectivity index (χ1v) is 6.83. The molecule has 4 heteroatoms. The van der Waals surface area contributed by atoms with Crippen molar-refractivity contribution < 1.29 is 4.74 Å². The third kappa shape index (κ3) is 1.80. The van der Waals surface area contributed by atoms with Crippen molar-refractivity contribution >= 4 is 21.9 Å². The van der Waals surface area contributed by atoms with Crippen molar-refractivity contribution in [3.8, 4) is 17.0 Å². The minimum atomic E-state index is 0.865. The average Bonchev–Trinajstić information content (AvgIpc) is 3.08. The second-order valence-electron chi connectivity index (χ2n) is 5.16. The molecule has 0 aliphatic carbocycles. The van der Waals surface area contributed by atoms with Crippen LogP contribution in [-0.2, 0) is 7.05 Å². The quantitative estimate of drug-likeness (QED) is 0.606. The van der Waals surface area contributed by atoms with Gasteiger partial charge in [0.25, 0.3) is 0 Å². The molecule has 1 N–H and O–H groups in total. The molecule has 0 spiro atoms. The van der Waals surface area contributed by atoms with Crippen LogP contribution in [0.15, 0.2) is 48.8 Å². The van der Waals surface area contributed by atoms with Crippen LogP contribution in [0, 0.1) is 0 Å². The third-order valence-corrected chi connectivity index (χ3v) is 3.88. The number of nitrogens with one attached hydrogen (secondary N) is 1. The van der Waals surface area contributed by atoms with Crippen LogP contribution in [0.4, 0.5) is 0 Å². The number of fused-ring (bicyclic) bond motifs is 2. The number of nitrogens with zero attached hydrogens (tertiary/aromatic N) is 2. The second-order valence-corrected chi connectivity index (χ2v) is 5.16. The Kier molecular flexibility index (Phi) is 2.51. The van der Waals surface area contributed by atoms with Gasteiger partial charge < -0.3 is 14.3 Å². The minimum Gasteiger partial charge on any atom is -0.497 e. The number of methoxy groups -OCH3 is 1. The number of H-pyrrole nitrogens is 1. The molecule has 4 rings (SSSR count). The van der Waals surface area contributed by atoms with E-state index in [1.165, 1.54) is 10.9 Å². The van der Waals surface area contributed by atoms with Crippen molar-refractivity contribution in [3.63, 3.8) is 0 Å². The summed E-state index contributed by atoms with van der Waals surface area (Å²) in [5.74, 6) is 0.865. The molecule has 104 valence electrons. The monoisotopic (exact) mass is 277 g/mol. The smallest absolute Gasteiger partial charge is 0.137 e. The summed E-state index contributed by atoms with van der Waals surface area (Å²) in [6.07, 6.45) is 3.93. The molecule has 4 nitrogen and oxygen atoms in total. The summed E-state index contributed by atoms with van der Waals surface area (Å²) in [5, 5.41) is 2.29. The van der Waals surface area contributed by atoms with Crippen molar-refractivity contribution in [1.82, 2.24) is 14.5 Å². The molecule has 0 unspecified atom stereocenters. The molecule has 0 aliphatic rings. The zero-order valence-electron chi connectivity index (χ0n) is 11.9.